The van der Waals surface area contributed by atoms with Gasteiger partial charge in [0.2, 0.25) is 4.96 Å². The van der Waals surface area contributed by atoms with Crippen molar-refractivity contribution in [3.05, 3.63) is 40.5 Å². The van der Waals surface area contributed by atoms with Crippen LogP contribution in [0.1, 0.15) is 29.6 Å². The first-order chi connectivity index (χ1) is 10.6. The molecule has 2 heterocycles. The van der Waals surface area contributed by atoms with Crippen LogP contribution in [-0.2, 0) is 17.6 Å². The van der Waals surface area contributed by atoms with Gasteiger partial charge in [0.15, 0.2) is 5.82 Å². The second-order valence-electron chi connectivity index (χ2n) is 5.17. The number of hydrogen-bond donors (Lipinski definition) is 1. The summed E-state index contributed by atoms with van der Waals surface area (Å²) in [5.41, 5.74) is 3.45. The van der Waals surface area contributed by atoms with Crippen molar-refractivity contribution < 1.29 is 9.90 Å². The third-order valence-corrected chi connectivity index (χ3v) is 4.56. The normalized spacial score (nSPS) is 11.2. The monoisotopic (exact) mass is 315 g/mol. The molecule has 6 heteroatoms. The molecular formula is C16H17N3O2S. The zero-order valence-electron chi connectivity index (χ0n) is 12.5. The van der Waals surface area contributed by atoms with E-state index in [9.17, 15) is 4.79 Å². The van der Waals surface area contributed by atoms with E-state index in [1.165, 1.54) is 5.56 Å². The van der Waals surface area contributed by atoms with E-state index < -0.39 is 5.97 Å². The third-order valence-electron chi connectivity index (χ3n) is 3.61. The molecule has 22 heavy (non-hydrogen) atoms. The third kappa shape index (κ3) is 2.74. The fourth-order valence-electron chi connectivity index (χ4n) is 2.43. The number of carboxylic acid groups (broad SMARTS) is 1. The van der Waals surface area contributed by atoms with Crippen LogP contribution in [0.25, 0.3) is 16.2 Å². The standard InChI is InChI=1S/C16H17N3O2S/c1-3-11-4-6-12(7-5-11)15-10(2)22-16-17-13(18-19(15)16)8-9-14(20)21/h4-7H,3,8-9H2,1-2H3,(H,20,21). The lowest BCUT2D eigenvalue weighted by Crippen LogP contribution is -1.99. The number of benzene rings is 1. The van der Waals surface area contributed by atoms with Crippen LogP contribution >= 0.6 is 11.3 Å². The highest BCUT2D eigenvalue weighted by molar-refractivity contribution is 7.17. The Morgan fingerprint density at radius 2 is 2.05 bits per heavy atom. The SMILES string of the molecule is CCc1ccc(-c2c(C)sc3nc(CCC(=O)O)nn23)cc1. The molecule has 0 bridgehead atoms. The van der Waals surface area contributed by atoms with E-state index in [0.717, 1.165) is 27.5 Å². The highest BCUT2D eigenvalue weighted by Crippen LogP contribution is 2.30. The Bertz CT molecular complexity index is 818. The summed E-state index contributed by atoms with van der Waals surface area (Å²) in [5, 5.41) is 13.2. The summed E-state index contributed by atoms with van der Waals surface area (Å²) in [5.74, 6) is -0.246. The zero-order chi connectivity index (χ0) is 15.7. The zero-order valence-corrected chi connectivity index (χ0v) is 13.4. The van der Waals surface area contributed by atoms with Crippen molar-refractivity contribution >= 4 is 22.3 Å². The molecule has 1 aromatic carbocycles. The fourth-order valence-corrected chi connectivity index (χ4v) is 3.38. The summed E-state index contributed by atoms with van der Waals surface area (Å²) in [4.78, 5) is 17.1. The van der Waals surface area contributed by atoms with Gasteiger partial charge in [-0.05, 0) is 18.9 Å². The van der Waals surface area contributed by atoms with Gasteiger partial charge in [0.1, 0.15) is 0 Å². The van der Waals surface area contributed by atoms with Crippen LogP contribution < -0.4 is 0 Å². The van der Waals surface area contributed by atoms with Crippen molar-refractivity contribution in [2.75, 3.05) is 0 Å². The van der Waals surface area contributed by atoms with Crippen LogP contribution in [0.5, 0.6) is 0 Å². The molecule has 0 fully saturated rings. The van der Waals surface area contributed by atoms with Crippen molar-refractivity contribution in [3.63, 3.8) is 0 Å². The number of carboxylic acids is 1. The van der Waals surface area contributed by atoms with Gasteiger partial charge in [-0.2, -0.15) is 0 Å². The van der Waals surface area contributed by atoms with E-state index in [-0.39, 0.29) is 6.42 Å². The Balaban J connectivity index is 2.00. The molecule has 0 unspecified atom stereocenters. The van der Waals surface area contributed by atoms with Gasteiger partial charge in [0, 0.05) is 16.9 Å². The van der Waals surface area contributed by atoms with E-state index in [1.807, 2.05) is 4.52 Å². The lowest BCUT2D eigenvalue weighted by atomic mass is 10.1. The topological polar surface area (TPSA) is 67.5 Å². The molecule has 0 aliphatic heterocycles. The number of aliphatic carboxylic acids is 1. The maximum Gasteiger partial charge on any atom is 0.303 e. The number of aryl methyl sites for hydroxylation is 3. The maximum absolute atomic E-state index is 10.7. The second kappa shape index (κ2) is 5.88. The smallest absolute Gasteiger partial charge is 0.303 e. The van der Waals surface area contributed by atoms with Gasteiger partial charge in [-0.15, -0.1) is 5.10 Å². The Labute approximate surface area is 132 Å². The molecule has 0 saturated heterocycles. The highest BCUT2D eigenvalue weighted by Gasteiger charge is 2.15. The average molecular weight is 315 g/mol. The summed E-state index contributed by atoms with van der Waals surface area (Å²) >= 11 is 1.58. The van der Waals surface area contributed by atoms with Crippen molar-refractivity contribution in [2.45, 2.75) is 33.1 Å². The number of fused-ring (bicyclic) bond motifs is 1. The molecule has 2 aromatic heterocycles. The Kier molecular flexibility index (Phi) is 3.94. The predicted molar refractivity (Wildman–Crippen MR) is 86.4 cm³/mol. The first kappa shape index (κ1) is 14.7. The number of thiazole rings is 1. The predicted octanol–water partition coefficient (Wildman–Crippen LogP) is 3.35. The quantitative estimate of drug-likeness (QED) is 0.784. The number of aromatic nitrogens is 3. The van der Waals surface area contributed by atoms with Crippen molar-refractivity contribution in [3.8, 4) is 11.3 Å². The molecule has 0 atom stereocenters. The van der Waals surface area contributed by atoms with Crippen LogP contribution in [0.15, 0.2) is 24.3 Å². The summed E-state index contributed by atoms with van der Waals surface area (Å²) in [6.07, 6.45) is 1.43. The van der Waals surface area contributed by atoms with Crippen LogP contribution in [0, 0.1) is 6.92 Å². The Hall–Kier alpha value is -2.21. The largest absolute Gasteiger partial charge is 0.481 e. The molecule has 1 N–H and O–H groups in total. The molecule has 0 aliphatic rings. The van der Waals surface area contributed by atoms with Gasteiger partial charge in [-0.25, -0.2) is 9.50 Å². The maximum atomic E-state index is 10.7. The van der Waals surface area contributed by atoms with E-state index in [2.05, 4.69) is 48.2 Å². The minimum atomic E-state index is -0.829. The van der Waals surface area contributed by atoms with Crippen molar-refractivity contribution in [1.82, 2.24) is 14.6 Å². The minimum Gasteiger partial charge on any atom is -0.481 e. The van der Waals surface area contributed by atoms with E-state index >= 15 is 0 Å². The van der Waals surface area contributed by atoms with Gasteiger partial charge in [0.05, 0.1) is 12.1 Å². The van der Waals surface area contributed by atoms with Crippen molar-refractivity contribution in [2.24, 2.45) is 0 Å². The van der Waals surface area contributed by atoms with Gasteiger partial charge in [0.25, 0.3) is 0 Å². The van der Waals surface area contributed by atoms with Crippen LogP contribution in [0.2, 0.25) is 0 Å². The molecule has 3 aromatic rings. The number of nitrogens with zero attached hydrogens (tertiary/aromatic N) is 3. The molecule has 114 valence electrons. The first-order valence-corrected chi connectivity index (χ1v) is 8.06. The fraction of sp³-hybridized carbons (Fsp3) is 0.312. The van der Waals surface area contributed by atoms with Gasteiger partial charge < -0.3 is 5.11 Å². The molecule has 0 aliphatic carbocycles. The average Bonchev–Trinajstić information content (AvgIpc) is 3.01. The Morgan fingerprint density at radius 3 is 2.68 bits per heavy atom. The lowest BCUT2D eigenvalue weighted by molar-refractivity contribution is -0.137. The molecule has 0 saturated carbocycles. The van der Waals surface area contributed by atoms with Crippen LogP contribution in [0.3, 0.4) is 0 Å². The molecular weight excluding hydrogens is 298 g/mol. The summed E-state index contributed by atoms with van der Waals surface area (Å²) in [7, 11) is 0. The second-order valence-corrected chi connectivity index (χ2v) is 6.36. The van der Waals surface area contributed by atoms with Crippen molar-refractivity contribution in [1.29, 1.82) is 0 Å². The molecule has 0 spiro atoms. The minimum absolute atomic E-state index is 0.0529. The first-order valence-electron chi connectivity index (χ1n) is 7.24. The Morgan fingerprint density at radius 1 is 1.32 bits per heavy atom. The van der Waals surface area contributed by atoms with E-state index in [1.54, 1.807) is 11.3 Å². The van der Waals surface area contributed by atoms with Gasteiger partial charge in [-0.3, -0.25) is 4.79 Å². The lowest BCUT2D eigenvalue weighted by Gasteiger charge is -2.03. The van der Waals surface area contributed by atoms with Gasteiger partial charge in [-0.1, -0.05) is 42.5 Å². The molecule has 0 amide bonds. The molecule has 0 radical (unpaired) electrons. The summed E-state index contributed by atoms with van der Waals surface area (Å²) in [6.45, 7) is 4.19. The van der Waals surface area contributed by atoms with E-state index in [0.29, 0.717) is 12.2 Å². The van der Waals surface area contributed by atoms with E-state index in [4.69, 9.17) is 5.11 Å². The van der Waals surface area contributed by atoms with Gasteiger partial charge >= 0.3 is 5.97 Å². The van der Waals surface area contributed by atoms with Crippen LogP contribution in [-0.4, -0.2) is 25.7 Å². The molecule has 3 rings (SSSR count). The van der Waals surface area contributed by atoms with Crippen LogP contribution in [0.4, 0.5) is 0 Å². The number of rotatable bonds is 5. The number of carbonyl (C=O) groups is 1. The number of hydrogen-bond acceptors (Lipinski definition) is 4. The summed E-state index contributed by atoms with van der Waals surface area (Å²) < 4.78 is 1.83. The highest BCUT2D eigenvalue weighted by atomic mass is 32.1. The summed E-state index contributed by atoms with van der Waals surface area (Å²) in [6, 6.07) is 8.46. The molecule has 5 nitrogen and oxygen atoms in total.